The van der Waals surface area contributed by atoms with Gasteiger partial charge in [-0.05, 0) is 6.92 Å². The molecule has 0 saturated heterocycles. The van der Waals surface area contributed by atoms with Crippen LogP contribution in [0, 0.1) is 6.92 Å². The Morgan fingerprint density at radius 1 is 1.59 bits per heavy atom. The van der Waals surface area contributed by atoms with Crippen molar-refractivity contribution in [1.29, 1.82) is 0 Å². The molecule has 0 atom stereocenters. The van der Waals surface area contributed by atoms with Crippen LogP contribution in [-0.4, -0.2) is 36.3 Å². The summed E-state index contributed by atoms with van der Waals surface area (Å²) in [4.78, 5) is 26.1. The molecule has 0 aromatic carbocycles. The predicted molar refractivity (Wildman–Crippen MR) is 67.3 cm³/mol. The van der Waals surface area contributed by atoms with Crippen LogP contribution in [0.1, 0.15) is 5.69 Å². The lowest BCUT2D eigenvalue weighted by atomic mass is 10.6. The molecule has 1 rings (SSSR count). The van der Waals surface area contributed by atoms with Gasteiger partial charge in [0.05, 0.1) is 15.7 Å². The third kappa shape index (κ3) is 4.72. The van der Waals surface area contributed by atoms with Crippen LogP contribution in [0.4, 0.5) is 5.13 Å². The van der Waals surface area contributed by atoms with Gasteiger partial charge in [-0.25, -0.2) is 4.98 Å². The fourth-order valence-electron chi connectivity index (χ4n) is 0.993. The Labute approximate surface area is 107 Å². The van der Waals surface area contributed by atoms with Gasteiger partial charge in [-0.15, -0.1) is 11.8 Å². The van der Waals surface area contributed by atoms with E-state index in [0.717, 1.165) is 9.90 Å². The van der Waals surface area contributed by atoms with Gasteiger partial charge < -0.3 is 10.5 Å². The van der Waals surface area contributed by atoms with E-state index in [-0.39, 0.29) is 24.2 Å². The molecule has 0 spiro atoms. The number of rotatable bonds is 6. The maximum absolute atomic E-state index is 11.2. The number of methoxy groups -OCH3 is 1. The molecule has 94 valence electrons. The van der Waals surface area contributed by atoms with Gasteiger partial charge in [0.1, 0.15) is 6.61 Å². The fraction of sp³-hybridized carbons (Fsp3) is 0.444. The summed E-state index contributed by atoms with van der Waals surface area (Å²) in [5.74, 6) is -0.436. The summed E-state index contributed by atoms with van der Waals surface area (Å²) in [5, 5.41) is 3.10. The van der Waals surface area contributed by atoms with E-state index in [0.29, 0.717) is 5.13 Å². The number of hydrogen-bond acceptors (Lipinski definition) is 6. The fourth-order valence-corrected chi connectivity index (χ4v) is 2.89. The maximum Gasteiger partial charge on any atom is 0.252 e. The Morgan fingerprint density at radius 3 is 2.88 bits per heavy atom. The zero-order valence-electron chi connectivity index (χ0n) is 9.48. The van der Waals surface area contributed by atoms with Gasteiger partial charge >= 0.3 is 0 Å². The molecule has 0 fully saturated rings. The number of anilines is 1. The molecule has 2 amide bonds. The van der Waals surface area contributed by atoms with Crippen LogP contribution in [0.2, 0.25) is 0 Å². The molecule has 0 aliphatic heterocycles. The van der Waals surface area contributed by atoms with Crippen molar-refractivity contribution < 1.29 is 14.3 Å². The Balaban J connectivity index is 2.61. The molecule has 0 bridgehead atoms. The standard InChI is InChI=1S/C9H13N3O3S2/c1-5-8(16-4-6(10)13)17-9(11-5)12-7(14)3-15-2/h3-4H2,1-2H3,(H2,10,13)(H,11,12,14). The number of carbonyl (C=O) groups excluding carboxylic acids is 2. The first-order valence-corrected chi connectivity index (χ1v) is 6.50. The van der Waals surface area contributed by atoms with E-state index in [1.165, 1.54) is 30.2 Å². The van der Waals surface area contributed by atoms with Crippen LogP contribution in [-0.2, 0) is 14.3 Å². The van der Waals surface area contributed by atoms with E-state index in [9.17, 15) is 9.59 Å². The summed E-state index contributed by atoms with van der Waals surface area (Å²) in [7, 11) is 1.45. The van der Waals surface area contributed by atoms with Gasteiger partial charge in [-0.2, -0.15) is 0 Å². The zero-order valence-corrected chi connectivity index (χ0v) is 11.1. The molecule has 0 radical (unpaired) electrons. The minimum atomic E-state index is -0.382. The van der Waals surface area contributed by atoms with Gasteiger partial charge in [-0.1, -0.05) is 11.3 Å². The molecular weight excluding hydrogens is 262 g/mol. The number of thiazole rings is 1. The number of nitrogens with zero attached hydrogens (tertiary/aromatic N) is 1. The molecule has 0 unspecified atom stereocenters. The van der Waals surface area contributed by atoms with Gasteiger partial charge in [0.2, 0.25) is 5.91 Å². The summed E-state index contributed by atoms with van der Waals surface area (Å²) in [5.41, 5.74) is 5.83. The zero-order chi connectivity index (χ0) is 12.8. The summed E-state index contributed by atoms with van der Waals surface area (Å²) in [6, 6.07) is 0. The number of thioether (sulfide) groups is 1. The van der Waals surface area contributed by atoms with Crippen LogP contribution in [0.3, 0.4) is 0 Å². The number of hydrogen-bond donors (Lipinski definition) is 2. The van der Waals surface area contributed by atoms with Crippen molar-refractivity contribution in [3.05, 3.63) is 5.69 Å². The first kappa shape index (κ1) is 13.9. The van der Waals surface area contributed by atoms with Crippen molar-refractivity contribution in [2.24, 2.45) is 5.73 Å². The van der Waals surface area contributed by atoms with Crippen molar-refractivity contribution >= 4 is 40.0 Å². The SMILES string of the molecule is COCC(=O)Nc1nc(C)c(SCC(N)=O)s1. The highest BCUT2D eigenvalue weighted by Gasteiger charge is 2.11. The molecule has 1 heterocycles. The van der Waals surface area contributed by atoms with Gasteiger partial charge in [0.15, 0.2) is 5.13 Å². The number of ether oxygens (including phenoxy) is 1. The molecule has 1 aromatic rings. The molecule has 0 aliphatic rings. The third-order valence-electron chi connectivity index (χ3n) is 1.62. The summed E-state index contributed by atoms with van der Waals surface area (Å²) in [6.07, 6.45) is 0. The lowest BCUT2D eigenvalue weighted by Crippen LogP contribution is -2.16. The highest BCUT2D eigenvalue weighted by Crippen LogP contribution is 2.31. The predicted octanol–water partition coefficient (Wildman–Crippen LogP) is 0.614. The number of nitrogens with one attached hydrogen (secondary N) is 1. The van der Waals surface area contributed by atoms with Crippen LogP contribution in [0.15, 0.2) is 4.21 Å². The van der Waals surface area contributed by atoms with E-state index >= 15 is 0 Å². The van der Waals surface area contributed by atoms with Crippen LogP contribution >= 0.6 is 23.1 Å². The van der Waals surface area contributed by atoms with E-state index in [1.807, 2.05) is 6.92 Å². The number of aromatic nitrogens is 1. The summed E-state index contributed by atoms with van der Waals surface area (Å²) in [6.45, 7) is 1.80. The number of nitrogens with two attached hydrogens (primary N) is 1. The second-order valence-electron chi connectivity index (χ2n) is 3.13. The molecule has 3 N–H and O–H groups in total. The third-order valence-corrected chi connectivity index (χ3v) is 4.08. The average molecular weight is 275 g/mol. The van der Waals surface area contributed by atoms with Crippen molar-refractivity contribution in [2.45, 2.75) is 11.1 Å². The number of primary amides is 1. The Kier molecular flexibility index (Phi) is 5.39. The Bertz CT molecular complexity index is 420. The second kappa shape index (κ2) is 6.58. The highest BCUT2D eigenvalue weighted by atomic mass is 32.2. The van der Waals surface area contributed by atoms with E-state index in [2.05, 4.69) is 10.3 Å². The van der Waals surface area contributed by atoms with Crippen LogP contribution in [0.25, 0.3) is 0 Å². The van der Waals surface area contributed by atoms with Crippen molar-refractivity contribution in [1.82, 2.24) is 4.98 Å². The first-order chi connectivity index (χ1) is 8.02. The first-order valence-electron chi connectivity index (χ1n) is 4.70. The molecule has 6 nitrogen and oxygen atoms in total. The van der Waals surface area contributed by atoms with Crippen molar-refractivity contribution in [2.75, 3.05) is 24.8 Å². The minimum absolute atomic E-state index is 0.0115. The maximum atomic E-state index is 11.2. The molecular formula is C9H13N3O3S2. The Hall–Kier alpha value is -1.12. The van der Waals surface area contributed by atoms with Gasteiger partial charge in [0.25, 0.3) is 5.91 Å². The summed E-state index contributed by atoms with van der Waals surface area (Å²) < 4.78 is 5.56. The van der Waals surface area contributed by atoms with Gasteiger partial charge in [0, 0.05) is 7.11 Å². The van der Waals surface area contributed by atoms with Crippen molar-refractivity contribution in [3.8, 4) is 0 Å². The van der Waals surface area contributed by atoms with E-state index in [1.54, 1.807) is 0 Å². The van der Waals surface area contributed by atoms with E-state index in [4.69, 9.17) is 10.5 Å². The van der Waals surface area contributed by atoms with Gasteiger partial charge in [-0.3, -0.25) is 14.9 Å². The molecule has 0 aliphatic carbocycles. The molecule has 8 heteroatoms. The largest absolute Gasteiger partial charge is 0.375 e. The lowest BCUT2D eigenvalue weighted by Gasteiger charge is -1.98. The minimum Gasteiger partial charge on any atom is -0.375 e. The highest BCUT2D eigenvalue weighted by molar-refractivity contribution is 8.01. The topological polar surface area (TPSA) is 94.3 Å². The van der Waals surface area contributed by atoms with Crippen LogP contribution < -0.4 is 11.1 Å². The second-order valence-corrected chi connectivity index (χ2v) is 5.37. The molecule has 17 heavy (non-hydrogen) atoms. The molecule has 1 aromatic heterocycles. The average Bonchev–Trinajstić information content (AvgIpc) is 2.56. The normalized spacial score (nSPS) is 10.2. The Morgan fingerprint density at radius 2 is 2.29 bits per heavy atom. The summed E-state index contributed by atoms with van der Waals surface area (Å²) >= 11 is 2.63. The van der Waals surface area contributed by atoms with E-state index < -0.39 is 0 Å². The quantitative estimate of drug-likeness (QED) is 0.742. The monoisotopic (exact) mass is 275 g/mol. The number of amides is 2. The van der Waals surface area contributed by atoms with Crippen LogP contribution in [0.5, 0.6) is 0 Å². The molecule has 0 saturated carbocycles. The number of carbonyl (C=O) groups is 2. The smallest absolute Gasteiger partial charge is 0.252 e. The lowest BCUT2D eigenvalue weighted by molar-refractivity contribution is -0.119. The number of aryl methyl sites for hydroxylation is 1. The van der Waals surface area contributed by atoms with Crippen molar-refractivity contribution in [3.63, 3.8) is 0 Å².